The Morgan fingerprint density at radius 1 is 1.05 bits per heavy atom. The van der Waals surface area contributed by atoms with E-state index in [2.05, 4.69) is 32.4 Å². The Morgan fingerprint density at radius 3 is 2.65 bits per heavy atom. The maximum absolute atomic E-state index is 5.03. The Hall–Kier alpha value is -2.69. The molecule has 0 saturated heterocycles. The first-order valence-corrected chi connectivity index (χ1v) is 6.29. The van der Waals surface area contributed by atoms with Crippen LogP contribution in [-0.2, 0) is 6.54 Å². The van der Waals surface area contributed by atoms with Gasteiger partial charge in [-0.1, -0.05) is 24.3 Å². The Labute approximate surface area is 116 Å². The fourth-order valence-electron chi connectivity index (χ4n) is 2.00. The topological polar surface area (TPSA) is 59.9 Å². The highest BCUT2D eigenvalue weighted by Gasteiger charge is 2.02. The van der Waals surface area contributed by atoms with Crippen molar-refractivity contribution in [3.05, 3.63) is 54.5 Å². The number of methoxy groups -OCH3 is 1. The summed E-state index contributed by atoms with van der Waals surface area (Å²) in [7, 11) is 1.59. The lowest BCUT2D eigenvalue weighted by Gasteiger charge is -2.07. The number of rotatable bonds is 4. The van der Waals surface area contributed by atoms with Gasteiger partial charge in [0.15, 0.2) is 5.75 Å². The molecule has 0 atom stereocenters. The van der Waals surface area contributed by atoms with E-state index in [9.17, 15) is 0 Å². The molecule has 0 amide bonds. The zero-order valence-corrected chi connectivity index (χ0v) is 11.1. The zero-order chi connectivity index (χ0) is 13.8. The lowest BCUT2D eigenvalue weighted by atomic mass is 10.1. The first-order valence-electron chi connectivity index (χ1n) is 6.29. The Morgan fingerprint density at radius 2 is 1.85 bits per heavy atom. The Balaban J connectivity index is 1.79. The van der Waals surface area contributed by atoms with Gasteiger partial charge in [0.05, 0.1) is 25.0 Å². The van der Waals surface area contributed by atoms with E-state index < -0.39 is 0 Å². The molecule has 0 aliphatic heterocycles. The van der Waals surface area contributed by atoms with Gasteiger partial charge in [0, 0.05) is 18.1 Å². The van der Waals surface area contributed by atoms with Crippen LogP contribution < -0.4 is 10.1 Å². The van der Waals surface area contributed by atoms with E-state index in [1.807, 2.05) is 18.2 Å². The highest BCUT2D eigenvalue weighted by molar-refractivity contribution is 5.81. The van der Waals surface area contributed by atoms with E-state index >= 15 is 0 Å². The van der Waals surface area contributed by atoms with E-state index in [0.717, 1.165) is 16.5 Å². The van der Waals surface area contributed by atoms with Gasteiger partial charge >= 0.3 is 0 Å². The number of pyridine rings is 1. The molecule has 1 aromatic carbocycles. The van der Waals surface area contributed by atoms with Crippen molar-refractivity contribution in [2.45, 2.75) is 6.54 Å². The molecule has 3 aromatic rings. The highest BCUT2D eigenvalue weighted by Crippen LogP contribution is 2.17. The smallest absolute Gasteiger partial charge is 0.223 e. The molecule has 2 aromatic heterocycles. The second kappa shape index (κ2) is 5.52. The summed E-state index contributed by atoms with van der Waals surface area (Å²) >= 11 is 0. The normalized spacial score (nSPS) is 10.4. The summed E-state index contributed by atoms with van der Waals surface area (Å²) < 4.78 is 5.03. The Kier molecular flexibility index (Phi) is 3.41. The van der Waals surface area contributed by atoms with Crippen LogP contribution in [0.25, 0.3) is 10.9 Å². The number of para-hydroxylation sites is 1. The molecule has 0 aliphatic rings. The van der Waals surface area contributed by atoms with Crippen molar-refractivity contribution in [2.75, 3.05) is 12.4 Å². The number of fused-ring (bicyclic) bond motifs is 1. The highest BCUT2D eigenvalue weighted by atomic mass is 16.5. The third kappa shape index (κ3) is 2.51. The third-order valence-corrected chi connectivity index (χ3v) is 3.02. The lowest BCUT2D eigenvalue weighted by Crippen LogP contribution is -2.04. The minimum atomic E-state index is 0.568. The molecule has 5 heteroatoms. The van der Waals surface area contributed by atoms with Crippen molar-refractivity contribution >= 4 is 16.9 Å². The molecule has 0 radical (unpaired) electrons. The van der Waals surface area contributed by atoms with Crippen molar-refractivity contribution in [3.8, 4) is 5.75 Å². The van der Waals surface area contributed by atoms with E-state index in [-0.39, 0.29) is 0 Å². The maximum atomic E-state index is 5.03. The molecule has 100 valence electrons. The molecule has 0 aliphatic carbocycles. The molecule has 2 heterocycles. The molecule has 0 saturated carbocycles. The largest absolute Gasteiger partial charge is 0.494 e. The molecule has 0 unspecified atom stereocenters. The van der Waals surface area contributed by atoms with Crippen LogP contribution in [0, 0.1) is 0 Å². The van der Waals surface area contributed by atoms with Crippen LogP contribution in [0.3, 0.4) is 0 Å². The monoisotopic (exact) mass is 266 g/mol. The standard InChI is InChI=1S/C15H14N4O/c1-20-13-9-18-15(19-10-13)17-8-12-5-2-4-11-6-3-7-16-14(11)12/h2-7,9-10H,8H2,1H3,(H,17,18,19). The maximum Gasteiger partial charge on any atom is 0.223 e. The summed E-state index contributed by atoms with van der Waals surface area (Å²) in [6.45, 7) is 0.626. The molecule has 5 nitrogen and oxygen atoms in total. The number of ether oxygens (including phenoxy) is 1. The molecule has 0 bridgehead atoms. The molecule has 0 fully saturated rings. The van der Waals surface area contributed by atoms with Gasteiger partial charge in [-0.25, -0.2) is 9.97 Å². The zero-order valence-electron chi connectivity index (χ0n) is 11.1. The number of aromatic nitrogens is 3. The van der Waals surface area contributed by atoms with Crippen molar-refractivity contribution in [1.29, 1.82) is 0 Å². The fraction of sp³-hybridized carbons (Fsp3) is 0.133. The predicted octanol–water partition coefficient (Wildman–Crippen LogP) is 2.65. The molecular weight excluding hydrogens is 252 g/mol. The minimum Gasteiger partial charge on any atom is -0.494 e. The van der Waals surface area contributed by atoms with Crippen molar-refractivity contribution in [1.82, 2.24) is 15.0 Å². The van der Waals surface area contributed by atoms with Gasteiger partial charge in [0.1, 0.15) is 0 Å². The van der Waals surface area contributed by atoms with Crippen LogP contribution in [0.5, 0.6) is 5.75 Å². The predicted molar refractivity (Wildman–Crippen MR) is 77.7 cm³/mol. The summed E-state index contributed by atoms with van der Waals surface area (Å²) in [4.78, 5) is 12.8. The van der Waals surface area contributed by atoms with E-state index in [1.165, 1.54) is 0 Å². The van der Waals surface area contributed by atoms with Gasteiger partial charge in [-0.15, -0.1) is 0 Å². The number of hydrogen-bond acceptors (Lipinski definition) is 5. The lowest BCUT2D eigenvalue weighted by molar-refractivity contribution is 0.411. The van der Waals surface area contributed by atoms with Gasteiger partial charge in [0.25, 0.3) is 0 Å². The van der Waals surface area contributed by atoms with Gasteiger partial charge in [-0.3, -0.25) is 4.98 Å². The van der Waals surface area contributed by atoms with Crippen molar-refractivity contribution in [2.24, 2.45) is 0 Å². The number of nitrogens with zero attached hydrogens (tertiary/aromatic N) is 3. The van der Waals surface area contributed by atoms with Gasteiger partial charge in [-0.2, -0.15) is 0 Å². The van der Waals surface area contributed by atoms with E-state index in [4.69, 9.17) is 4.74 Å². The SMILES string of the molecule is COc1cnc(NCc2cccc3cccnc23)nc1. The van der Waals surface area contributed by atoms with Crippen molar-refractivity contribution in [3.63, 3.8) is 0 Å². The molecular formula is C15H14N4O. The number of nitrogens with one attached hydrogen (secondary N) is 1. The van der Waals surface area contributed by atoms with Crippen LogP contribution >= 0.6 is 0 Å². The van der Waals surface area contributed by atoms with Gasteiger partial charge < -0.3 is 10.1 Å². The summed E-state index contributed by atoms with van der Waals surface area (Å²) in [6.07, 6.45) is 5.07. The second-order valence-electron chi connectivity index (χ2n) is 4.29. The summed E-state index contributed by atoms with van der Waals surface area (Å²) in [5.41, 5.74) is 2.11. The molecule has 0 spiro atoms. The van der Waals surface area contributed by atoms with Crippen molar-refractivity contribution < 1.29 is 4.74 Å². The second-order valence-corrected chi connectivity index (χ2v) is 4.29. The average Bonchev–Trinajstić information content (AvgIpc) is 2.53. The minimum absolute atomic E-state index is 0.568. The van der Waals surface area contributed by atoms with E-state index in [1.54, 1.807) is 25.7 Å². The van der Waals surface area contributed by atoms with Gasteiger partial charge in [-0.05, 0) is 11.6 Å². The van der Waals surface area contributed by atoms with Crippen LogP contribution in [0.1, 0.15) is 5.56 Å². The average molecular weight is 266 g/mol. The summed E-state index contributed by atoms with van der Waals surface area (Å²) in [5, 5.41) is 4.31. The quantitative estimate of drug-likeness (QED) is 0.786. The third-order valence-electron chi connectivity index (χ3n) is 3.02. The summed E-state index contributed by atoms with van der Waals surface area (Å²) in [5.74, 6) is 1.21. The number of hydrogen-bond donors (Lipinski definition) is 1. The van der Waals surface area contributed by atoms with Crippen LogP contribution in [0.15, 0.2) is 48.9 Å². The van der Waals surface area contributed by atoms with E-state index in [0.29, 0.717) is 18.2 Å². The van der Waals surface area contributed by atoms with Gasteiger partial charge in [0.2, 0.25) is 5.95 Å². The Bertz CT molecular complexity index is 707. The van der Waals surface area contributed by atoms with Crippen LogP contribution in [0.2, 0.25) is 0 Å². The number of benzene rings is 1. The number of anilines is 1. The molecule has 3 rings (SSSR count). The first kappa shape index (κ1) is 12.3. The fourth-order valence-corrected chi connectivity index (χ4v) is 2.00. The molecule has 1 N–H and O–H groups in total. The van der Waals surface area contributed by atoms with Crippen LogP contribution in [-0.4, -0.2) is 22.1 Å². The summed E-state index contributed by atoms with van der Waals surface area (Å²) in [6, 6.07) is 10.1. The first-order chi connectivity index (χ1) is 9.86. The van der Waals surface area contributed by atoms with Crippen LogP contribution in [0.4, 0.5) is 5.95 Å². The molecule has 20 heavy (non-hydrogen) atoms.